The predicted molar refractivity (Wildman–Crippen MR) is 78.4 cm³/mol. The number of thiazole rings is 1. The molecule has 0 bridgehead atoms. The Balaban J connectivity index is 2.23. The monoisotopic (exact) mass is 321 g/mol. The first kappa shape index (κ1) is 13.1. The molecule has 0 saturated heterocycles. The van der Waals surface area contributed by atoms with Crippen molar-refractivity contribution in [3.63, 3.8) is 0 Å². The van der Waals surface area contributed by atoms with Gasteiger partial charge in [-0.05, 0) is 47.5 Å². The van der Waals surface area contributed by atoms with Gasteiger partial charge in [0.25, 0.3) is 0 Å². The zero-order chi connectivity index (χ0) is 13.1. The summed E-state index contributed by atoms with van der Waals surface area (Å²) >= 11 is 5.02. The van der Waals surface area contributed by atoms with Gasteiger partial charge in [0.05, 0.1) is 11.3 Å². The van der Waals surface area contributed by atoms with Gasteiger partial charge in [-0.15, -0.1) is 11.3 Å². The van der Waals surface area contributed by atoms with Crippen molar-refractivity contribution in [2.45, 2.75) is 20.3 Å². The highest BCUT2D eigenvalue weighted by atomic mass is 79.9. The van der Waals surface area contributed by atoms with Crippen LogP contribution in [-0.2, 0) is 6.42 Å². The summed E-state index contributed by atoms with van der Waals surface area (Å²) < 4.78 is 0.791. The minimum Gasteiger partial charge on any atom is -0.332 e. The molecule has 0 aliphatic heterocycles. The number of nitriles is 1. The van der Waals surface area contributed by atoms with Gasteiger partial charge in [-0.1, -0.05) is 6.92 Å². The molecule has 1 aromatic carbocycles. The van der Waals surface area contributed by atoms with Gasteiger partial charge in [0, 0.05) is 15.0 Å². The van der Waals surface area contributed by atoms with E-state index in [2.05, 4.69) is 46.1 Å². The minimum atomic E-state index is 0.630. The molecule has 0 amide bonds. The maximum atomic E-state index is 8.86. The number of nitrogens with one attached hydrogen (secondary N) is 1. The van der Waals surface area contributed by atoms with E-state index in [-0.39, 0.29) is 0 Å². The van der Waals surface area contributed by atoms with Gasteiger partial charge < -0.3 is 5.32 Å². The first-order valence-electron chi connectivity index (χ1n) is 5.57. The number of rotatable bonds is 3. The molecule has 0 unspecified atom stereocenters. The fraction of sp³-hybridized carbons (Fsp3) is 0.231. The quantitative estimate of drug-likeness (QED) is 0.911. The lowest BCUT2D eigenvalue weighted by Gasteiger charge is -2.03. The second kappa shape index (κ2) is 5.51. The molecule has 0 aliphatic carbocycles. The second-order valence-corrected chi connectivity index (χ2v) is 5.86. The standard InChI is InChI=1S/C13H12BrN3S/c1-3-12-8(2)18-13(17-12)16-10-5-4-9(7-15)11(14)6-10/h4-6H,3H2,1-2H3,(H,16,17). The molecule has 3 nitrogen and oxygen atoms in total. The van der Waals surface area contributed by atoms with Crippen LogP contribution in [0.2, 0.25) is 0 Å². The van der Waals surface area contributed by atoms with Crippen LogP contribution in [0.15, 0.2) is 22.7 Å². The summed E-state index contributed by atoms with van der Waals surface area (Å²) in [5, 5.41) is 13.0. The van der Waals surface area contributed by atoms with Crippen LogP contribution in [0.3, 0.4) is 0 Å². The van der Waals surface area contributed by atoms with Gasteiger partial charge in [0.15, 0.2) is 5.13 Å². The van der Waals surface area contributed by atoms with Crippen molar-refractivity contribution in [3.8, 4) is 6.07 Å². The fourth-order valence-corrected chi connectivity index (χ4v) is 3.01. The molecular formula is C13H12BrN3S. The lowest BCUT2D eigenvalue weighted by molar-refractivity contribution is 1.05. The lowest BCUT2D eigenvalue weighted by atomic mass is 10.2. The Morgan fingerprint density at radius 2 is 2.28 bits per heavy atom. The van der Waals surface area contributed by atoms with Gasteiger partial charge in [0.1, 0.15) is 6.07 Å². The molecular weight excluding hydrogens is 310 g/mol. The van der Waals surface area contributed by atoms with Crippen molar-refractivity contribution in [2.24, 2.45) is 0 Å². The Labute approximate surface area is 119 Å². The number of halogens is 1. The van der Waals surface area contributed by atoms with E-state index in [0.717, 1.165) is 27.4 Å². The van der Waals surface area contributed by atoms with Crippen molar-refractivity contribution in [1.29, 1.82) is 5.26 Å². The summed E-state index contributed by atoms with van der Waals surface area (Å²) in [6, 6.07) is 7.68. The van der Waals surface area contributed by atoms with E-state index in [1.54, 1.807) is 17.4 Å². The van der Waals surface area contributed by atoms with Crippen LogP contribution in [0.5, 0.6) is 0 Å². The van der Waals surface area contributed by atoms with Crippen molar-refractivity contribution in [1.82, 2.24) is 4.98 Å². The Bertz CT molecular complexity index is 613. The Morgan fingerprint density at radius 3 is 2.83 bits per heavy atom. The van der Waals surface area contributed by atoms with E-state index < -0.39 is 0 Å². The molecule has 2 aromatic rings. The van der Waals surface area contributed by atoms with Crippen LogP contribution >= 0.6 is 27.3 Å². The summed E-state index contributed by atoms with van der Waals surface area (Å²) in [6.07, 6.45) is 0.946. The third-order valence-corrected chi connectivity index (χ3v) is 4.15. The zero-order valence-electron chi connectivity index (χ0n) is 10.1. The zero-order valence-corrected chi connectivity index (χ0v) is 12.5. The molecule has 18 heavy (non-hydrogen) atoms. The second-order valence-electron chi connectivity index (χ2n) is 3.81. The topological polar surface area (TPSA) is 48.7 Å². The number of aromatic nitrogens is 1. The van der Waals surface area contributed by atoms with Crippen LogP contribution < -0.4 is 5.32 Å². The molecule has 0 saturated carbocycles. The van der Waals surface area contributed by atoms with Gasteiger partial charge in [-0.25, -0.2) is 4.98 Å². The number of hydrogen-bond acceptors (Lipinski definition) is 4. The lowest BCUT2D eigenvalue weighted by Crippen LogP contribution is -1.91. The SMILES string of the molecule is CCc1nc(Nc2ccc(C#N)c(Br)c2)sc1C. The first-order valence-corrected chi connectivity index (χ1v) is 7.18. The van der Waals surface area contributed by atoms with Crippen LogP contribution in [0.1, 0.15) is 23.1 Å². The van der Waals surface area contributed by atoms with Gasteiger partial charge >= 0.3 is 0 Å². The number of nitrogens with zero attached hydrogens (tertiary/aromatic N) is 2. The molecule has 2 rings (SSSR count). The molecule has 0 fully saturated rings. The van der Waals surface area contributed by atoms with Crippen molar-refractivity contribution >= 4 is 38.1 Å². The van der Waals surface area contributed by atoms with Gasteiger partial charge in [-0.3, -0.25) is 0 Å². The Morgan fingerprint density at radius 1 is 1.50 bits per heavy atom. The average Bonchev–Trinajstić information content (AvgIpc) is 2.69. The average molecular weight is 322 g/mol. The van der Waals surface area contributed by atoms with Crippen LogP contribution in [0.4, 0.5) is 10.8 Å². The van der Waals surface area contributed by atoms with Gasteiger partial charge in [0.2, 0.25) is 0 Å². The highest BCUT2D eigenvalue weighted by Gasteiger charge is 2.07. The maximum absolute atomic E-state index is 8.86. The van der Waals surface area contributed by atoms with Crippen LogP contribution in [-0.4, -0.2) is 4.98 Å². The van der Waals surface area contributed by atoms with E-state index in [1.165, 1.54) is 4.88 Å². The molecule has 0 spiro atoms. The largest absolute Gasteiger partial charge is 0.332 e. The molecule has 0 atom stereocenters. The van der Waals surface area contributed by atoms with E-state index in [1.807, 2.05) is 12.1 Å². The van der Waals surface area contributed by atoms with Gasteiger partial charge in [-0.2, -0.15) is 5.26 Å². The van der Waals surface area contributed by atoms with E-state index in [9.17, 15) is 0 Å². The number of hydrogen-bond donors (Lipinski definition) is 1. The van der Waals surface area contributed by atoms with Crippen molar-refractivity contribution in [2.75, 3.05) is 5.32 Å². The van der Waals surface area contributed by atoms with Crippen molar-refractivity contribution in [3.05, 3.63) is 38.8 Å². The highest BCUT2D eigenvalue weighted by Crippen LogP contribution is 2.28. The summed E-state index contributed by atoms with van der Waals surface area (Å²) in [7, 11) is 0. The summed E-state index contributed by atoms with van der Waals surface area (Å²) in [4.78, 5) is 5.77. The fourth-order valence-electron chi connectivity index (χ4n) is 1.62. The molecule has 0 radical (unpaired) electrons. The normalized spacial score (nSPS) is 10.1. The molecule has 1 N–H and O–H groups in total. The molecule has 1 aromatic heterocycles. The number of anilines is 2. The summed E-state index contributed by atoms with van der Waals surface area (Å²) in [6.45, 7) is 4.18. The molecule has 5 heteroatoms. The minimum absolute atomic E-state index is 0.630. The highest BCUT2D eigenvalue weighted by molar-refractivity contribution is 9.10. The molecule has 92 valence electrons. The first-order chi connectivity index (χ1) is 8.63. The third kappa shape index (κ3) is 2.71. The van der Waals surface area contributed by atoms with E-state index in [0.29, 0.717) is 5.56 Å². The Kier molecular flexibility index (Phi) is 4.00. The Hall–Kier alpha value is -1.38. The van der Waals surface area contributed by atoms with Crippen molar-refractivity contribution < 1.29 is 0 Å². The van der Waals surface area contributed by atoms with E-state index in [4.69, 9.17) is 5.26 Å². The number of benzene rings is 1. The van der Waals surface area contributed by atoms with Crippen LogP contribution in [0, 0.1) is 18.3 Å². The maximum Gasteiger partial charge on any atom is 0.187 e. The van der Waals surface area contributed by atoms with Crippen LogP contribution in [0.25, 0.3) is 0 Å². The number of aryl methyl sites for hydroxylation is 2. The molecule has 1 heterocycles. The molecule has 0 aliphatic rings. The summed E-state index contributed by atoms with van der Waals surface area (Å²) in [5.41, 5.74) is 2.69. The summed E-state index contributed by atoms with van der Waals surface area (Å²) in [5.74, 6) is 0. The van der Waals surface area contributed by atoms with E-state index >= 15 is 0 Å². The smallest absolute Gasteiger partial charge is 0.187 e. The predicted octanol–water partition coefficient (Wildman–Crippen LogP) is 4.39. The third-order valence-electron chi connectivity index (χ3n) is 2.57.